The van der Waals surface area contributed by atoms with Gasteiger partial charge in [0.05, 0.1) is 6.20 Å². The number of piperazine rings is 1. The molecule has 4 heterocycles. The van der Waals surface area contributed by atoms with Gasteiger partial charge in [-0.3, -0.25) is 4.90 Å². The minimum Gasteiger partial charge on any atom is -0.373 e. The fraction of sp³-hybridized carbons (Fsp3) is 0.636. The number of pyridine rings is 1. The molecule has 2 atom stereocenters. The van der Waals surface area contributed by atoms with Crippen molar-refractivity contribution in [3.63, 3.8) is 0 Å². The van der Waals surface area contributed by atoms with Gasteiger partial charge < -0.3 is 15.5 Å². The molecule has 6 nitrogen and oxygen atoms in total. The molecule has 1 saturated carbocycles. The number of hydrogen-bond donors (Lipinski definition) is 2. The summed E-state index contributed by atoms with van der Waals surface area (Å²) in [4.78, 5) is 14.0. The predicted octanol–water partition coefficient (Wildman–Crippen LogP) is 2.10. The molecule has 1 aromatic rings. The van der Waals surface area contributed by atoms with Crippen LogP contribution in [0.2, 0.25) is 0 Å². The Bertz CT molecular complexity index is 810. The molecule has 1 aromatic heterocycles. The Morgan fingerprint density at radius 2 is 2.07 bits per heavy atom. The highest BCUT2D eigenvalue weighted by Crippen LogP contribution is 2.43. The molecule has 0 aromatic carbocycles. The highest BCUT2D eigenvalue weighted by Gasteiger charge is 2.45. The van der Waals surface area contributed by atoms with Gasteiger partial charge in [-0.05, 0) is 43.2 Å². The Labute approximate surface area is 172 Å². The molecule has 4 aliphatic rings. The first-order valence-electron chi connectivity index (χ1n) is 10.9. The van der Waals surface area contributed by atoms with Crippen LogP contribution in [-0.2, 0) is 0 Å². The van der Waals surface area contributed by atoms with E-state index in [4.69, 9.17) is 0 Å². The number of allylic oxidation sites excluding steroid dienone is 1. The lowest BCUT2D eigenvalue weighted by atomic mass is 9.80. The molecule has 5 rings (SSSR count). The van der Waals surface area contributed by atoms with Gasteiger partial charge in [0.2, 0.25) is 0 Å². The first-order valence-corrected chi connectivity index (χ1v) is 10.9. The van der Waals surface area contributed by atoms with E-state index in [9.17, 15) is 4.39 Å². The minimum absolute atomic E-state index is 0.0733. The summed E-state index contributed by atoms with van der Waals surface area (Å²) < 4.78 is 14.0. The van der Waals surface area contributed by atoms with Gasteiger partial charge in [-0.25, -0.2) is 14.4 Å². The zero-order valence-electron chi connectivity index (χ0n) is 17.2. The summed E-state index contributed by atoms with van der Waals surface area (Å²) in [5.41, 5.74) is 1.54. The van der Waals surface area contributed by atoms with Crippen molar-refractivity contribution in [1.29, 1.82) is 0 Å². The SMILES string of the molecule is CNC1=CCC(c2cc(F)cnc2N2CCN(C3CCC4(CNC4)C3)CC2)C=N1. The Morgan fingerprint density at radius 1 is 1.24 bits per heavy atom. The van der Waals surface area contributed by atoms with Crippen LogP contribution in [0.3, 0.4) is 0 Å². The summed E-state index contributed by atoms with van der Waals surface area (Å²) >= 11 is 0. The average molecular weight is 399 g/mol. The lowest BCUT2D eigenvalue weighted by Gasteiger charge is -2.42. The minimum atomic E-state index is -0.274. The molecule has 1 spiro atoms. The van der Waals surface area contributed by atoms with Crippen LogP contribution >= 0.6 is 0 Å². The standard InChI is InChI=1S/C22H31FN6/c1-24-20-3-2-16(12-26-20)19-10-17(23)13-27-21(19)29-8-6-28(7-9-29)18-4-5-22(11-18)14-25-15-22/h3,10,12-13,16,18,24-25H,2,4-9,11,14-15H2,1H3. The quantitative estimate of drug-likeness (QED) is 0.814. The predicted molar refractivity (Wildman–Crippen MR) is 114 cm³/mol. The molecule has 156 valence electrons. The maximum Gasteiger partial charge on any atom is 0.141 e. The molecule has 0 bridgehead atoms. The van der Waals surface area contributed by atoms with Crippen LogP contribution < -0.4 is 15.5 Å². The third-order valence-electron chi connectivity index (χ3n) is 7.28. The van der Waals surface area contributed by atoms with Crippen LogP contribution in [-0.4, -0.2) is 68.5 Å². The summed E-state index contributed by atoms with van der Waals surface area (Å²) in [5, 5.41) is 6.52. The van der Waals surface area contributed by atoms with Crippen molar-refractivity contribution in [3.05, 3.63) is 35.5 Å². The van der Waals surface area contributed by atoms with Crippen LogP contribution in [0.1, 0.15) is 37.2 Å². The first kappa shape index (κ1) is 19.0. The van der Waals surface area contributed by atoms with Crippen molar-refractivity contribution in [2.75, 3.05) is 51.2 Å². The van der Waals surface area contributed by atoms with E-state index in [0.29, 0.717) is 5.41 Å². The van der Waals surface area contributed by atoms with Gasteiger partial charge in [-0.2, -0.15) is 0 Å². The van der Waals surface area contributed by atoms with E-state index in [1.165, 1.54) is 38.5 Å². The molecule has 29 heavy (non-hydrogen) atoms. The van der Waals surface area contributed by atoms with E-state index in [-0.39, 0.29) is 11.7 Å². The van der Waals surface area contributed by atoms with Gasteiger partial charge in [-0.15, -0.1) is 0 Å². The van der Waals surface area contributed by atoms with Gasteiger partial charge in [0.1, 0.15) is 17.5 Å². The van der Waals surface area contributed by atoms with Gasteiger partial charge in [-0.1, -0.05) is 0 Å². The molecular weight excluding hydrogens is 367 g/mol. The van der Waals surface area contributed by atoms with E-state index in [1.54, 1.807) is 6.07 Å². The number of nitrogens with zero attached hydrogens (tertiary/aromatic N) is 4. The molecule has 2 N–H and O–H groups in total. The van der Waals surface area contributed by atoms with Gasteiger partial charge in [0.15, 0.2) is 0 Å². The average Bonchev–Trinajstić information content (AvgIpc) is 3.21. The smallest absolute Gasteiger partial charge is 0.141 e. The molecule has 0 amide bonds. The van der Waals surface area contributed by atoms with E-state index >= 15 is 0 Å². The zero-order chi connectivity index (χ0) is 19.8. The van der Waals surface area contributed by atoms with Crippen LogP contribution in [0.25, 0.3) is 0 Å². The first-order chi connectivity index (χ1) is 14.2. The van der Waals surface area contributed by atoms with Crippen LogP contribution in [0.5, 0.6) is 0 Å². The number of nitrogens with one attached hydrogen (secondary N) is 2. The molecule has 0 radical (unpaired) electrons. The Hall–Kier alpha value is -1.99. The third kappa shape index (κ3) is 3.66. The maximum absolute atomic E-state index is 14.0. The number of halogens is 1. The Kier molecular flexibility index (Phi) is 5.04. The topological polar surface area (TPSA) is 55.8 Å². The van der Waals surface area contributed by atoms with Gasteiger partial charge >= 0.3 is 0 Å². The van der Waals surface area contributed by atoms with E-state index in [0.717, 1.165) is 55.8 Å². The number of hydrogen-bond acceptors (Lipinski definition) is 6. The fourth-order valence-electron chi connectivity index (χ4n) is 5.47. The summed E-state index contributed by atoms with van der Waals surface area (Å²) in [6.45, 7) is 6.45. The summed E-state index contributed by atoms with van der Waals surface area (Å²) in [6, 6.07) is 2.38. The van der Waals surface area contributed by atoms with Crippen molar-refractivity contribution >= 4 is 12.0 Å². The second kappa shape index (κ2) is 7.69. The highest BCUT2D eigenvalue weighted by atomic mass is 19.1. The van der Waals surface area contributed by atoms with Crippen LogP contribution in [0.4, 0.5) is 10.2 Å². The van der Waals surface area contributed by atoms with Crippen molar-refractivity contribution in [3.8, 4) is 0 Å². The highest BCUT2D eigenvalue weighted by molar-refractivity contribution is 5.73. The zero-order valence-corrected chi connectivity index (χ0v) is 17.2. The monoisotopic (exact) mass is 398 g/mol. The fourth-order valence-corrected chi connectivity index (χ4v) is 5.47. The summed E-state index contributed by atoms with van der Waals surface area (Å²) in [7, 11) is 1.87. The normalized spacial score (nSPS) is 29.0. The van der Waals surface area contributed by atoms with Gasteiger partial charge in [0, 0.05) is 70.1 Å². The second-order valence-electron chi connectivity index (χ2n) is 9.05. The molecular formula is C22H31FN6. The summed E-state index contributed by atoms with van der Waals surface area (Å²) in [6.07, 6.45) is 10.2. The number of anilines is 1. The Morgan fingerprint density at radius 3 is 2.69 bits per heavy atom. The number of rotatable bonds is 4. The lowest BCUT2D eigenvalue weighted by molar-refractivity contribution is 0.135. The van der Waals surface area contributed by atoms with Crippen LogP contribution in [0, 0.1) is 11.2 Å². The number of aromatic nitrogens is 1. The third-order valence-corrected chi connectivity index (χ3v) is 7.28. The van der Waals surface area contributed by atoms with E-state index < -0.39 is 0 Å². The Balaban J connectivity index is 1.26. The molecule has 2 unspecified atom stereocenters. The molecule has 2 saturated heterocycles. The van der Waals surface area contributed by atoms with Crippen molar-refractivity contribution in [2.24, 2.45) is 10.4 Å². The van der Waals surface area contributed by atoms with Crippen molar-refractivity contribution in [1.82, 2.24) is 20.5 Å². The summed E-state index contributed by atoms with van der Waals surface area (Å²) in [5.74, 6) is 1.60. The van der Waals surface area contributed by atoms with Gasteiger partial charge in [0.25, 0.3) is 0 Å². The number of aliphatic imine (C=N–C) groups is 1. The molecule has 3 fully saturated rings. The largest absolute Gasteiger partial charge is 0.373 e. The second-order valence-corrected chi connectivity index (χ2v) is 9.05. The molecule has 1 aliphatic carbocycles. The molecule has 3 aliphatic heterocycles. The van der Waals surface area contributed by atoms with E-state index in [1.807, 2.05) is 13.3 Å². The van der Waals surface area contributed by atoms with Crippen LogP contribution in [0.15, 0.2) is 29.2 Å². The lowest BCUT2D eigenvalue weighted by Crippen LogP contribution is -2.54. The van der Waals surface area contributed by atoms with Crippen molar-refractivity contribution in [2.45, 2.75) is 37.6 Å². The van der Waals surface area contributed by atoms with Crippen molar-refractivity contribution < 1.29 is 4.39 Å². The maximum atomic E-state index is 14.0. The molecule has 7 heteroatoms. The van der Waals surface area contributed by atoms with E-state index in [2.05, 4.69) is 36.5 Å².